The lowest BCUT2D eigenvalue weighted by molar-refractivity contribution is -0.133. The van der Waals surface area contributed by atoms with Crippen LogP contribution in [0.2, 0.25) is 5.02 Å². The monoisotopic (exact) mass is 469 g/mol. The highest BCUT2D eigenvalue weighted by Crippen LogP contribution is 2.35. The van der Waals surface area contributed by atoms with E-state index in [1.54, 1.807) is 32.0 Å². The molecule has 172 valence electrons. The summed E-state index contributed by atoms with van der Waals surface area (Å²) in [6.07, 6.45) is 8.46. The molecule has 0 aromatic heterocycles. The summed E-state index contributed by atoms with van der Waals surface area (Å²) in [6.45, 7) is 3.01. The molecule has 0 unspecified atom stereocenters. The summed E-state index contributed by atoms with van der Waals surface area (Å²) in [5.74, 6) is -0.781. The third kappa shape index (κ3) is 5.23. The number of hydrogen-bond acceptors (Lipinski definition) is 4. The van der Waals surface area contributed by atoms with Crippen molar-refractivity contribution in [2.75, 3.05) is 24.2 Å². The fraction of sp³-hybridized carbons (Fsp3) is 0.636. The number of benzene rings is 1. The lowest BCUT2D eigenvalue weighted by Crippen LogP contribution is -2.70. The first-order valence-electron chi connectivity index (χ1n) is 10.9. The minimum absolute atomic E-state index is 0.0237. The van der Waals surface area contributed by atoms with Crippen molar-refractivity contribution in [3.8, 4) is 0 Å². The van der Waals surface area contributed by atoms with Gasteiger partial charge in [-0.25, -0.2) is 8.42 Å². The predicted octanol–water partition coefficient (Wildman–Crippen LogP) is 3.24. The van der Waals surface area contributed by atoms with Crippen molar-refractivity contribution < 1.29 is 18.0 Å². The van der Waals surface area contributed by atoms with E-state index in [-0.39, 0.29) is 25.0 Å². The maximum atomic E-state index is 13.6. The Bertz CT molecular complexity index is 944. The zero-order valence-electron chi connectivity index (χ0n) is 18.5. The predicted molar refractivity (Wildman–Crippen MR) is 123 cm³/mol. The Kier molecular flexibility index (Phi) is 7.33. The number of carbonyl (C=O) groups is 2. The topological polar surface area (TPSA) is 86.8 Å². The molecular weight excluding hydrogens is 438 g/mol. The van der Waals surface area contributed by atoms with Gasteiger partial charge in [0.1, 0.15) is 5.54 Å². The van der Waals surface area contributed by atoms with Crippen molar-refractivity contribution in [3.63, 3.8) is 0 Å². The normalized spacial score (nSPS) is 24.5. The highest BCUT2D eigenvalue weighted by atomic mass is 35.5. The van der Waals surface area contributed by atoms with Gasteiger partial charge >= 0.3 is 0 Å². The summed E-state index contributed by atoms with van der Waals surface area (Å²) in [6, 6.07) is 5.23. The largest absolute Gasteiger partial charge is 0.351 e. The number of amides is 2. The number of carbonyl (C=O) groups excluding carboxylic acids is 2. The maximum absolute atomic E-state index is 13.6. The van der Waals surface area contributed by atoms with Crippen LogP contribution in [0.15, 0.2) is 18.2 Å². The average molecular weight is 470 g/mol. The molecule has 2 fully saturated rings. The number of halogens is 1. The van der Waals surface area contributed by atoms with Gasteiger partial charge in [0.25, 0.3) is 0 Å². The first-order valence-corrected chi connectivity index (χ1v) is 13.1. The first-order chi connectivity index (χ1) is 14.5. The molecule has 1 atom stereocenters. The van der Waals surface area contributed by atoms with Gasteiger partial charge in [-0.1, -0.05) is 49.8 Å². The van der Waals surface area contributed by atoms with Crippen LogP contribution in [0, 0.1) is 6.92 Å². The Morgan fingerprint density at radius 3 is 2.39 bits per heavy atom. The molecule has 1 aromatic carbocycles. The zero-order valence-corrected chi connectivity index (χ0v) is 20.1. The van der Waals surface area contributed by atoms with Crippen molar-refractivity contribution in [3.05, 3.63) is 28.8 Å². The molecule has 0 bridgehead atoms. The Balaban J connectivity index is 1.98. The number of nitrogens with one attached hydrogen (secondary N) is 1. The second-order valence-electron chi connectivity index (χ2n) is 8.93. The standard InChI is InChI=1S/C22H32ClN3O4S/c1-16-18(23)12-9-13-19(16)26-20(27)14-25(31(3,29)30)15-22(26,2)21(28)24-17-10-7-5-4-6-8-11-17/h9,12-13,17H,4-8,10-11,14-15H2,1-3H3,(H,24,28)/t22-/m0/s1. The molecule has 1 N–H and O–H groups in total. The highest BCUT2D eigenvalue weighted by molar-refractivity contribution is 7.88. The number of sulfonamides is 1. The molecule has 1 aromatic rings. The van der Waals surface area contributed by atoms with Crippen molar-refractivity contribution >= 4 is 39.1 Å². The maximum Gasteiger partial charge on any atom is 0.247 e. The number of piperazine rings is 1. The van der Waals surface area contributed by atoms with Crippen LogP contribution in [-0.2, 0) is 19.6 Å². The van der Waals surface area contributed by atoms with Crippen molar-refractivity contribution in [2.24, 2.45) is 0 Å². The van der Waals surface area contributed by atoms with Gasteiger partial charge < -0.3 is 5.32 Å². The molecule has 1 heterocycles. The van der Waals surface area contributed by atoms with E-state index >= 15 is 0 Å². The van der Waals surface area contributed by atoms with Crippen LogP contribution < -0.4 is 10.2 Å². The van der Waals surface area contributed by atoms with Gasteiger partial charge in [-0.2, -0.15) is 4.31 Å². The van der Waals surface area contributed by atoms with Gasteiger partial charge in [0.2, 0.25) is 21.8 Å². The summed E-state index contributed by atoms with van der Waals surface area (Å²) in [7, 11) is -3.65. The second kappa shape index (κ2) is 9.46. The molecule has 7 nitrogen and oxygen atoms in total. The summed E-state index contributed by atoms with van der Waals surface area (Å²) >= 11 is 6.30. The second-order valence-corrected chi connectivity index (χ2v) is 11.3. The lowest BCUT2D eigenvalue weighted by atomic mass is 9.91. The van der Waals surface area contributed by atoms with Gasteiger partial charge in [-0.05, 0) is 44.4 Å². The molecule has 0 spiro atoms. The third-order valence-electron chi connectivity index (χ3n) is 6.42. The van der Waals surface area contributed by atoms with E-state index in [2.05, 4.69) is 5.32 Å². The molecule has 3 rings (SSSR count). The zero-order chi connectivity index (χ0) is 22.8. The van der Waals surface area contributed by atoms with E-state index in [9.17, 15) is 18.0 Å². The minimum atomic E-state index is -3.65. The van der Waals surface area contributed by atoms with Crippen LogP contribution in [-0.4, -0.2) is 55.5 Å². The van der Waals surface area contributed by atoms with Crippen molar-refractivity contribution in [1.29, 1.82) is 0 Å². The molecule has 2 amide bonds. The minimum Gasteiger partial charge on any atom is -0.351 e. The van der Waals surface area contributed by atoms with Crippen molar-refractivity contribution in [1.82, 2.24) is 9.62 Å². The lowest BCUT2D eigenvalue weighted by Gasteiger charge is -2.47. The molecular formula is C22H32ClN3O4S. The molecule has 31 heavy (non-hydrogen) atoms. The Labute approximate surface area is 190 Å². The number of rotatable bonds is 4. The van der Waals surface area contributed by atoms with Gasteiger partial charge in [0, 0.05) is 23.3 Å². The third-order valence-corrected chi connectivity index (χ3v) is 8.02. The van der Waals surface area contributed by atoms with E-state index in [1.807, 2.05) is 0 Å². The summed E-state index contributed by atoms with van der Waals surface area (Å²) in [4.78, 5) is 28.3. The molecule has 2 aliphatic rings. The molecule has 0 radical (unpaired) electrons. The van der Waals surface area contributed by atoms with Gasteiger partial charge in [-0.3, -0.25) is 14.5 Å². The van der Waals surface area contributed by atoms with E-state index in [0.717, 1.165) is 49.1 Å². The summed E-state index contributed by atoms with van der Waals surface area (Å²) in [5, 5.41) is 3.62. The number of nitrogens with zero attached hydrogens (tertiary/aromatic N) is 2. The van der Waals surface area contributed by atoms with E-state index < -0.39 is 21.5 Å². The molecule has 1 aliphatic carbocycles. The van der Waals surface area contributed by atoms with Crippen LogP contribution in [0.3, 0.4) is 0 Å². The van der Waals surface area contributed by atoms with E-state index in [4.69, 9.17) is 11.6 Å². The van der Waals surface area contributed by atoms with E-state index in [1.165, 1.54) is 11.3 Å². The first kappa shape index (κ1) is 24.0. The fourth-order valence-corrected chi connectivity index (χ4v) is 5.55. The number of hydrogen-bond donors (Lipinski definition) is 1. The number of anilines is 1. The average Bonchev–Trinajstić information content (AvgIpc) is 2.65. The van der Waals surface area contributed by atoms with Crippen LogP contribution in [0.5, 0.6) is 0 Å². The Hall–Kier alpha value is -1.64. The van der Waals surface area contributed by atoms with Crippen LogP contribution in [0.25, 0.3) is 0 Å². The van der Waals surface area contributed by atoms with Gasteiger partial charge in [0.15, 0.2) is 0 Å². The fourth-order valence-electron chi connectivity index (χ4n) is 4.55. The molecule has 1 saturated heterocycles. The molecule has 1 saturated carbocycles. The van der Waals surface area contributed by atoms with Gasteiger partial charge in [-0.15, -0.1) is 0 Å². The van der Waals surface area contributed by atoms with Crippen LogP contribution in [0.1, 0.15) is 57.4 Å². The quantitative estimate of drug-likeness (QED) is 0.733. The Morgan fingerprint density at radius 2 is 1.77 bits per heavy atom. The van der Waals surface area contributed by atoms with Gasteiger partial charge in [0.05, 0.1) is 12.8 Å². The summed E-state index contributed by atoms with van der Waals surface area (Å²) < 4.78 is 25.7. The smallest absolute Gasteiger partial charge is 0.247 e. The van der Waals surface area contributed by atoms with Crippen LogP contribution in [0.4, 0.5) is 5.69 Å². The Morgan fingerprint density at radius 1 is 1.16 bits per heavy atom. The highest BCUT2D eigenvalue weighted by Gasteiger charge is 2.51. The van der Waals surface area contributed by atoms with E-state index in [0.29, 0.717) is 16.3 Å². The summed E-state index contributed by atoms with van der Waals surface area (Å²) in [5.41, 5.74) is -0.188. The SMILES string of the molecule is Cc1c(Cl)cccc1N1C(=O)CN(S(C)(=O)=O)C[C@@]1(C)C(=O)NC1CCCCCCC1. The molecule has 9 heteroatoms. The molecule has 1 aliphatic heterocycles. The van der Waals surface area contributed by atoms with Crippen LogP contribution >= 0.6 is 11.6 Å². The van der Waals surface area contributed by atoms with Crippen molar-refractivity contribution in [2.45, 2.75) is 70.4 Å².